The summed E-state index contributed by atoms with van der Waals surface area (Å²) in [4.78, 5) is 16.3. The molecule has 1 amide bonds. The molecule has 0 bridgehead atoms. The molecule has 1 aromatic heterocycles. The van der Waals surface area contributed by atoms with Crippen LogP contribution >= 0.6 is 0 Å². The number of H-pyrrole nitrogens is 1. The standard InChI is InChI=1S/C13H15N5O/c14-10-3-1-9(2-4-10)13(5-6-13)12(19)15-7-11-16-8-17-18-11/h1-4,8H,5-7,14H2,(H,15,19)(H,16,17,18). The molecule has 0 unspecified atom stereocenters. The van der Waals surface area contributed by atoms with Gasteiger partial charge in [-0.1, -0.05) is 12.1 Å². The van der Waals surface area contributed by atoms with Crippen LogP contribution in [0.5, 0.6) is 0 Å². The maximum Gasteiger partial charge on any atom is 0.231 e. The van der Waals surface area contributed by atoms with E-state index < -0.39 is 0 Å². The molecule has 0 radical (unpaired) electrons. The fraction of sp³-hybridized carbons (Fsp3) is 0.308. The van der Waals surface area contributed by atoms with E-state index in [0.29, 0.717) is 18.1 Å². The zero-order chi connectivity index (χ0) is 13.3. The molecule has 0 aliphatic heterocycles. The Labute approximate surface area is 110 Å². The third-order valence-electron chi connectivity index (χ3n) is 3.53. The maximum atomic E-state index is 12.3. The van der Waals surface area contributed by atoms with Gasteiger partial charge in [-0.25, -0.2) is 4.98 Å². The summed E-state index contributed by atoms with van der Waals surface area (Å²) in [5.41, 5.74) is 7.02. The number of aromatic nitrogens is 3. The van der Waals surface area contributed by atoms with Crippen molar-refractivity contribution in [3.05, 3.63) is 42.0 Å². The van der Waals surface area contributed by atoms with Crippen molar-refractivity contribution >= 4 is 11.6 Å². The van der Waals surface area contributed by atoms with E-state index in [2.05, 4.69) is 20.5 Å². The molecule has 1 heterocycles. The average molecular weight is 257 g/mol. The minimum absolute atomic E-state index is 0.0358. The van der Waals surface area contributed by atoms with Gasteiger partial charge in [-0.3, -0.25) is 9.89 Å². The summed E-state index contributed by atoms with van der Waals surface area (Å²) in [6, 6.07) is 7.52. The quantitative estimate of drug-likeness (QED) is 0.703. The van der Waals surface area contributed by atoms with Crippen LogP contribution in [-0.2, 0) is 16.8 Å². The van der Waals surface area contributed by atoms with Gasteiger partial charge in [0.2, 0.25) is 5.91 Å². The van der Waals surface area contributed by atoms with Crippen LogP contribution in [0.2, 0.25) is 0 Å². The minimum Gasteiger partial charge on any atom is -0.399 e. The normalized spacial score (nSPS) is 16.0. The third kappa shape index (κ3) is 2.16. The van der Waals surface area contributed by atoms with E-state index in [4.69, 9.17) is 5.73 Å². The number of nitrogens with one attached hydrogen (secondary N) is 2. The number of hydrogen-bond acceptors (Lipinski definition) is 4. The van der Waals surface area contributed by atoms with Crippen molar-refractivity contribution in [1.29, 1.82) is 0 Å². The Morgan fingerprint density at radius 3 is 2.68 bits per heavy atom. The van der Waals surface area contributed by atoms with Crippen molar-refractivity contribution in [2.24, 2.45) is 0 Å². The van der Waals surface area contributed by atoms with Crippen molar-refractivity contribution in [2.45, 2.75) is 24.8 Å². The van der Waals surface area contributed by atoms with E-state index in [1.807, 2.05) is 24.3 Å². The Bertz CT molecular complexity index is 572. The summed E-state index contributed by atoms with van der Waals surface area (Å²) in [6.45, 7) is 0.371. The molecule has 2 aromatic rings. The second kappa shape index (κ2) is 4.38. The van der Waals surface area contributed by atoms with Gasteiger partial charge in [0.1, 0.15) is 12.2 Å². The second-order valence-corrected chi connectivity index (χ2v) is 4.82. The monoisotopic (exact) mass is 257 g/mol. The summed E-state index contributed by atoms with van der Waals surface area (Å²) in [7, 11) is 0. The molecule has 1 aliphatic rings. The number of nitrogen functional groups attached to an aromatic ring is 1. The SMILES string of the molecule is Nc1ccc(C2(C(=O)NCc3ncn[nH]3)CC2)cc1. The molecule has 1 saturated carbocycles. The minimum atomic E-state index is -0.381. The van der Waals surface area contributed by atoms with Crippen LogP contribution in [-0.4, -0.2) is 21.1 Å². The summed E-state index contributed by atoms with van der Waals surface area (Å²) in [6.07, 6.45) is 3.17. The highest BCUT2D eigenvalue weighted by molar-refractivity contribution is 5.91. The van der Waals surface area contributed by atoms with E-state index in [1.54, 1.807) is 0 Å². The van der Waals surface area contributed by atoms with Gasteiger partial charge in [-0.15, -0.1) is 0 Å². The molecular weight excluding hydrogens is 242 g/mol. The predicted octanol–water partition coefficient (Wildman–Crippen LogP) is 0.735. The summed E-state index contributed by atoms with van der Waals surface area (Å²) >= 11 is 0. The lowest BCUT2D eigenvalue weighted by molar-refractivity contribution is -0.123. The van der Waals surface area contributed by atoms with Gasteiger partial charge < -0.3 is 11.1 Å². The number of amides is 1. The number of aromatic amines is 1. The van der Waals surface area contributed by atoms with E-state index in [9.17, 15) is 4.79 Å². The van der Waals surface area contributed by atoms with Gasteiger partial charge in [-0.2, -0.15) is 5.10 Å². The number of carbonyl (C=O) groups is 1. The molecule has 6 nitrogen and oxygen atoms in total. The van der Waals surface area contributed by atoms with Gasteiger partial charge >= 0.3 is 0 Å². The van der Waals surface area contributed by atoms with Crippen LogP contribution < -0.4 is 11.1 Å². The van der Waals surface area contributed by atoms with Gasteiger partial charge in [0, 0.05) is 5.69 Å². The number of anilines is 1. The molecule has 0 atom stereocenters. The average Bonchev–Trinajstić information content (AvgIpc) is 3.07. The van der Waals surface area contributed by atoms with Gasteiger partial charge in [-0.05, 0) is 30.5 Å². The van der Waals surface area contributed by atoms with Gasteiger partial charge in [0.05, 0.1) is 12.0 Å². The van der Waals surface area contributed by atoms with Gasteiger partial charge in [0.15, 0.2) is 0 Å². The first-order valence-corrected chi connectivity index (χ1v) is 6.19. The highest BCUT2D eigenvalue weighted by Gasteiger charge is 2.51. The number of rotatable bonds is 4. The second-order valence-electron chi connectivity index (χ2n) is 4.82. The Balaban J connectivity index is 1.70. The van der Waals surface area contributed by atoms with Crippen molar-refractivity contribution in [1.82, 2.24) is 20.5 Å². The highest BCUT2D eigenvalue weighted by atomic mass is 16.2. The molecule has 1 fully saturated rings. The lowest BCUT2D eigenvalue weighted by Gasteiger charge is -2.15. The Morgan fingerprint density at radius 1 is 1.37 bits per heavy atom. The summed E-state index contributed by atoms with van der Waals surface area (Å²) < 4.78 is 0. The maximum absolute atomic E-state index is 12.3. The number of benzene rings is 1. The zero-order valence-electron chi connectivity index (χ0n) is 10.4. The van der Waals surface area contributed by atoms with Crippen LogP contribution in [0.25, 0.3) is 0 Å². The molecule has 0 saturated heterocycles. The topological polar surface area (TPSA) is 96.7 Å². The smallest absolute Gasteiger partial charge is 0.231 e. The molecule has 19 heavy (non-hydrogen) atoms. The molecular formula is C13H15N5O. The van der Waals surface area contributed by atoms with Crippen molar-refractivity contribution in [2.75, 3.05) is 5.73 Å². The largest absolute Gasteiger partial charge is 0.399 e. The third-order valence-corrected chi connectivity index (χ3v) is 3.53. The van der Waals surface area contributed by atoms with Crippen molar-refractivity contribution < 1.29 is 4.79 Å². The summed E-state index contributed by atoms with van der Waals surface area (Å²) in [5, 5.41) is 9.36. The lowest BCUT2D eigenvalue weighted by atomic mass is 9.95. The van der Waals surface area contributed by atoms with E-state index >= 15 is 0 Å². The Hall–Kier alpha value is -2.37. The van der Waals surface area contributed by atoms with Crippen molar-refractivity contribution in [3.63, 3.8) is 0 Å². The molecule has 1 aromatic carbocycles. The first kappa shape index (κ1) is 11.7. The molecule has 4 N–H and O–H groups in total. The zero-order valence-corrected chi connectivity index (χ0v) is 10.4. The first-order valence-electron chi connectivity index (χ1n) is 6.19. The molecule has 0 spiro atoms. The number of nitrogens with two attached hydrogens (primary N) is 1. The Morgan fingerprint density at radius 2 is 2.11 bits per heavy atom. The van der Waals surface area contributed by atoms with Crippen LogP contribution in [0.4, 0.5) is 5.69 Å². The molecule has 1 aliphatic carbocycles. The van der Waals surface area contributed by atoms with Gasteiger partial charge in [0.25, 0.3) is 0 Å². The van der Waals surface area contributed by atoms with Crippen LogP contribution in [0, 0.1) is 0 Å². The number of carbonyl (C=O) groups excluding carboxylic acids is 1. The van der Waals surface area contributed by atoms with E-state index in [0.717, 1.165) is 18.4 Å². The fourth-order valence-corrected chi connectivity index (χ4v) is 2.22. The molecule has 6 heteroatoms. The fourth-order valence-electron chi connectivity index (χ4n) is 2.22. The van der Waals surface area contributed by atoms with Crippen molar-refractivity contribution in [3.8, 4) is 0 Å². The van der Waals surface area contributed by atoms with Crippen LogP contribution in [0.3, 0.4) is 0 Å². The molecule has 3 rings (SSSR count). The van der Waals surface area contributed by atoms with Crippen LogP contribution in [0.15, 0.2) is 30.6 Å². The van der Waals surface area contributed by atoms with Crippen LogP contribution in [0.1, 0.15) is 24.2 Å². The lowest BCUT2D eigenvalue weighted by Crippen LogP contribution is -2.34. The first-order chi connectivity index (χ1) is 9.21. The molecule has 98 valence electrons. The Kier molecular flexibility index (Phi) is 2.70. The number of hydrogen-bond donors (Lipinski definition) is 3. The number of nitrogens with zero attached hydrogens (tertiary/aromatic N) is 2. The highest BCUT2D eigenvalue weighted by Crippen LogP contribution is 2.48. The summed E-state index contributed by atoms with van der Waals surface area (Å²) in [5.74, 6) is 0.690. The van der Waals surface area contributed by atoms with E-state index in [-0.39, 0.29) is 11.3 Å². The predicted molar refractivity (Wildman–Crippen MR) is 70.0 cm³/mol. The van der Waals surface area contributed by atoms with E-state index in [1.165, 1.54) is 6.33 Å².